The first-order valence-corrected chi connectivity index (χ1v) is 9.03. The summed E-state index contributed by atoms with van der Waals surface area (Å²) in [4.78, 5) is 5.46. The normalized spacial score (nSPS) is 23.3. The number of aryl methyl sites for hydroxylation is 1. The van der Waals surface area contributed by atoms with Crippen LogP contribution in [0.1, 0.15) is 60.3 Å². The van der Waals surface area contributed by atoms with E-state index < -0.39 is 0 Å². The molecule has 2 heterocycles. The van der Waals surface area contributed by atoms with Crippen LogP contribution in [0.5, 0.6) is 0 Å². The van der Waals surface area contributed by atoms with E-state index in [4.69, 9.17) is 5.73 Å². The predicted octanol–water partition coefficient (Wildman–Crippen LogP) is 4.06. The van der Waals surface area contributed by atoms with Crippen molar-refractivity contribution in [3.63, 3.8) is 0 Å². The number of rotatable bonds is 3. The molecule has 1 aliphatic carbocycles. The van der Waals surface area contributed by atoms with Crippen molar-refractivity contribution in [3.8, 4) is 0 Å². The van der Waals surface area contributed by atoms with E-state index in [1.807, 2.05) is 11.3 Å². The van der Waals surface area contributed by atoms with E-state index in [0.717, 1.165) is 12.0 Å². The van der Waals surface area contributed by atoms with Gasteiger partial charge in [-0.15, -0.1) is 11.3 Å². The fourth-order valence-electron chi connectivity index (χ4n) is 4.07. The average molecular weight is 292 g/mol. The second-order valence-electron chi connectivity index (χ2n) is 6.84. The predicted molar refractivity (Wildman–Crippen MR) is 87.0 cm³/mol. The molecule has 112 valence electrons. The van der Waals surface area contributed by atoms with Crippen molar-refractivity contribution in [1.82, 2.24) is 4.90 Å². The maximum absolute atomic E-state index is 5.76. The van der Waals surface area contributed by atoms with E-state index in [9.17, 15) is 0 Å². The van der Waals surface area contributed by atoms with Crippen LogP contribution in [0.2, 0.25) is 0 Å². The van der Waals surface area contributed by atoms with Gasteiger partial charge in [0.2, 0.25) is 0 Å². The molecule has 1 saturated carbocycles. The van der Waals surface area contributed by atoms with Crippen molar-refractivity contribution >= 4 is 11.3 Å². The van der Waals surface area contributed by atoms with Gasteiger partial charge in [-0.3, -0.25) is 4.90 Å². The van der Waals surface area contributed by atoms with E-state index in [1.54, 1.807) is 0 Å². The van der Waals surface area contributed by atoms with Gasteiger partial charge in [0.1, 0.15) is 0 Å². The molecule has 1 aliphatic heterocycles. The minimum atomic E-state index is 0.689. The lowest BCUT2D eigenvalue weighted by Gasteiger charge is -2.44. The quantitative estimate of drug-likeness (QED) is 0.910. The van der Waals surface area contributed by atoms with Crippen LogP contribution >= 0.6 is 11.3 Å². The lowest BCUT2D eigenvalue weighted by Crippen LogP contribution is -2.40. The smallest absolute Gasteiger partial charge is 0.0274 e. The molecule has 20 heavy (non-hydrogen) atoms. The van der Waals surface area contributed by atoms with Crippen LogP contribution < -0.4 is 5.73 Å². The Morgan fingerprint density at radius 3 is 2.45 bits per heavy atom. The molecule has 2 fully saturated rings. The van der Waals surface area contributed by atoms with Crippen LogP contribution in [0.25, 0.3) is 0 Å². The molecular formula is C17H28N2S. The molecule has 0 aromatic carbocycles. The Kier molecular flexibility index (Phi) is 4.49. The average Bonchev–Trinajstić information content (AvgIpc) is 2.83. The fraction of sp³-hybridized carbons (Fsp3) is 0.765. The third-order valence-corrected chi connectivity index (χ3v) is 6.61. The lowest BCUT2D eigenvalue weighted by molar-refractivity contribution is 0.0641. The third-order valence-electron chi connectivity index (χ3n) is 5.50. The minimum absolute atomic E-state index is 0.689. The zero-order valence-electron chi connectivity index (χ0n) is 12.8. The summed E-state index contributed by atoms with van der Waals surface area (Å²) in [6.07, 6.45) is 10.3. The summed E-state index contributed by atoms with van der Waals surface area (Å²) in [5.74, 6) is 0. The van der Waals surface area contributed by atoms with Gasteiger partial charge in [0, 0.05) is 22.8 Å². The third kappa shape index (κ3) is 3.10. The molecule has 2 nitrogen and oxygen atoms in total. The van der Waals surface area contributed by atoms with Gasteiger partial charge in [-0.2, -0.15) is 0 Å². The maximum Gasteiger partial charge on any atom is 0.0274 e. The molecule has 2 N–H and O–H groups in total. The Hall–Kier alpha value is -0.380. The monoisotopic (exact) mass is 292 g/mol. The Morgan fingerprint density at radius 1 is 1.15 bits per heavy atom. The van der Waals surface area contributed by atoms with E-state index in [1.165, 1.54) is 73.4 Å². The molecule has 1 saturated heterocycles. The van der Waals surface area contributed by atoms with Crippen molar-refractivity contribution in [1.29, 1.82) is 0 Å². The van der Waals surface area contributed by atoms with Crippen molar-refractivity contribution in [2.75, 3.05) is 13.1 Å². The Labute approximate surface area is 127 Å². The summed E-state index contributed by atoms with van der Waals surface area (Å²) in [5.41, 5.74) is 7.99. The van der Waals surface area contributed by atoms with E-state index in [2.05, 4.69) is 17.9 Å². The standard InChI is InChI=1S/C17H28N2S/c1-14-15(11-16(12-18)20-14)13-19-9-7-17(8-10-19)5-3-2-4-6-17/h11H,2-10,12-13,18H2,1H3. The van der Waals surface area contributed by atoms with Crippen LogP contribution in [0, 0.1) is 12.3 Å². The lowest BCUT2D eigenvalue weighted by atomic mass is 9.68. The van der Waals surface area contributed by atoms with Crippen LogP contribution in [-0.2, 0) is 13.1 Å². The molecular weight excluding hydrogens is 264 g/mol. The highest BCUT2D eigenvalue weighted by molar-refractivity contribution is 7.12. The second kappa shape index (κ2) is 6.17. The van der Waals surface area contributed by atoms with Gasteiger partial charge in [0.15, 0.2) is 0 Å². The van der Waals surface area contributed by atoms with Crippen molar-refractivity contribution in [3.05, 3.63) is 21.4 Å². The molecule has 0 bridgehead atoms. The first-order valence-electron chi connectivity index (χ1n) is 8.21. The number of nitrogens with two attached hydrogens (primary N) is 1. The number of thiophene rings is 1. The van der Waals surface area contributed by atoms with Gasteiger partial charge >= 0.3 is 0 Å². The van der Waals surface area contributed by atoms with Crippen molar-refractivity contribution < 1.29 is 0 Å². The second-order valence-corrected chi connectivity index (χ2v) is 8.18. The highest BCUT2D eigenvalue weighted by Crippen LogP contribution is 2.44. The Bertz CT molecular complexity index is 436. The molecule has 0 radical (unpaired) electrons. The highest BCUT2D eigenvalue weighted by atomic mass is 32.1. The number of hydrogen-bond donors (Lipinski definition) is 1. The maximum atomic E-state index is 5.76. The number of nitrogens with zero attached hydrogens (tertiary/aromatic N) is 1. The zero-order valence-corrected chi connectivity index (χ0v) is 13.6. The molecule has 0 atom stereocenters. The molecule has 2 aliphatic rings. The molecule has 0 amide bonds. The summed E-state index contributed by atoms with van der Waals surface area (Å²) in [5, 5.41) is 0. The SMILES string of the molecule is Cc1sc(CN)cc1CN1CCC2(CCCCC2)CC1. The van der Waals surface area contributed by atoms with Crippen LogP contribution in [0.4, 0.5) is 0 Å². The first kappa shape index (κ1) is 14.6. The summed E-state index contributed by atoms with van der Waals surface area (Å²) < 4.78 is 0. The zero-order chi connectivity index (χ0) is 14.0. The van der Waals surface area contributed by atoms with Gasteiger partial charge < -0.3 is 5.73 Å². The van der Waals surface area contributed by atoms with Crippen molar-refractivity contribution in [2.24, 2.45) is 11.1 Å². The van der Waals surface area contributed by atoms with E-state index in [-0.39, 0.29) is 0 Å². The molecule has 0 unspecified atom stereocenters. The fourth-order valence-corrected chi connectivity index (χ4v) is 5.01. The first-order chi connectivity index (χ1) is 9.71. The van der Waals surface area contributed by atoms with Gasteiger partial charge in [0.05, 0.1) is 0 Å². The van der Waals surface area contributed by atoms with Crippen LogP contribution in [0.3, 0.4) is 0 Å². The van der Waals surface area contributed by atoms with Gasteiger partial charge in [-0.1, -0.05) is 19.3 Å². The van der Waals surface area contributed by atoms with Gasteiger partial charge in [-0.25, -0.2) is 0 Å². The van der Waals surface area contributed by atoms with Crippen LogP contribution in [0.15, 0.2) is 6.07 Å². The number of likely N-dealkylation sites (tertiary alicyclic amines) is 1. The number of hydrogen-bond acceptors (Lipinski definition) is 3. The Balaban J connectivity index is 1.56. The molecule has 3 rings (SSSR count). The van der Waals surface area contributed by atoms with E-state index >= 15 is 0 Å². The summed E-state index contributed by atoms with van der Waals surface area (Å²) >= 11 is 1.87. The largest absolute Gasteiger partial charge is 0.326 e. The van der Waals surface area contributed by atoms with Crippen molar-refractivity contribution in [2.45, 2.75) is 65.0 Å². The molecule has 1 spiro atoms. The van der Waals surface area contributed by atoms with Crippen LogP contribution in [-0.4, -0.2) is 18.0 Å². The van der Waals surface area contributed by atoms with Gasteiger partial charge in [-0.05, 0) is 62.7 Å². The minimum Gasteiger partial charge on any atom is -0.326 e. The summed E-state index contributed by atoms with van der Waals surface area (Å²) in [7, 11) is 0. The Morgan fingerprint density at radius 2 is 1.85 bits per heavy atom. The molecule has 1 aromatic rings. The topological polar surface area (TPSA) is 29.3 Å². The molecule has 1 aromatic heterocycles. The highest BCUT2D eigenvalue weighted by Gasteiger charge is 2.35. The van der Waals surface area contributed by atoms with Gasteiger partial charge in [0.25, 0.3) is 0 Å². The van der Waals surface area contributed by atoms with E-state index in [0.29, 0.717) is 6.54 Å². The number of piperidine rings is 1. The summed E-state index contributed by atoms with van der Waals surface area (Å²) in [6.45, 7) is 6.67. The molecule has 3 heteroatoms. The summed E-state index contributed by atoms with van der Waals surface area (Å²) in [6, 6.07) is 2.32.